The van der Waals surface area contributed by atoms with Gasteiger partial charge in [0, 0.05) is 0 Å². The molecule has 0 saturated carbocycles. The molecule has 4 nitrogen and oxygen atoms in total. The Morgan fingerprint density at radius 2 is 1.52 bits per heavy atom. The van der Waals surface area contributed by atoms with E-state index in [-0.39, 0.29) is 87.4 Å². The predicted octanol–water partition coefficient (Wildman–Crippen LogP) is 1.77. The van der Waals surface area contributed by atoms with Crippen LogP contribution in [0.1, 0.15) is 44.6 Å². The number of hydrogen-bond donors (Lipinski definition) is 2. The summed E-state index contributed by atoms with van der Waals surface area (Å²) in [5.41, 5.74) is -1.49. The van der Waals surface area contributed by atoms with Crippen LogP contribution >= 0.6 is 0 Å². The van der Waals surface area contributed by atoms with Crippen molar-refractivity contribution in [3.63, 3.8) is 0 Å². The molecule has 0 unspecified atom stereocenters. The first-order chi connectivity index (χ1) is 9.05. The molecule has 0 atom stereocenters. The minimum absolute atomic E-state index is 0. The van der Waals surface area contributed by atoms with Gasteiger partial charge in [-0.1, -0.05) is 62.9 Å². The second-order valence-electron chi connectivity index (χ2n) is 4.69. The minimum atomic E-state index is -1.82. The van der Waals surface area contributed by atoms with Gasteiger partial charge in [-0.3, -0.25) is 9.59 Å². The molecule has 0 amide bonds. The van der Waals surface area contributed by atoms with Crippen LogP contribution in [0.4, 0.5) is 0 Å². The normalized spacial score (nSPS) is 10.1. The van der Waals surface area contributed by atoms with Crippen molar-refractivity contribution in [1.82, 2.24) is 0 Å². The van der Waals surface area contributed by atoms with E-state index in [0.29, 0.717) is 12.0 Å². The monoisotopic (exact) mass is 328 g/mol. The van der Waals surface area contributed by atoms with E-state index in [1.54, 1.807) is 30.3 Å². The number of carboxylic acid groups (broad SMARTS) is 2. The molecular weight excluding hydrogens is 306 g/mol. The van der Waals surface area contributed by atoms with Gasteiger partial charge in [0.1, 0.15) is 0 Å². The van der Waals surface area contributed by atoms with Crippen molar-refractivity contribution in [2.24, 2.45) is 0 Å². The fourth-order valence-corrected chi connectivity index (χ4v) is 2.24. The molecule has 1 aromatic carbocycles. The van der Waals surface area contributed by atoms with Gasteiger partial charge in [0.25, 0.3) is 0 Å². The van der Waals surface area contributed by atoms with Crippen LogP contribution in [0, 0.1) is 0 Å². The van der Waals surface area contributed by atoms with Crippen molar-refractivity contribution in [3.05, 3.63) is 35.9 Å². The van der Waals surface area contributed by atoms with Crippen LogP contribution in [0.15, 0.2) is 30.3 Å². The van der Waals surface area contributed by atoms with Gasteiger partial charge in [0.2, 0.25) is 0 Å². The Balaban J connectivity index is 0. The summed E-state index contributed by atoms with van der Waals surface area (Å²) in [4.78, 5) is 23.1. The van der Waals surface area contributed by atoms with Gasteiger partial charge in [-0.25, -0.2) is 0 Å². The topological polar surface area (TPSA) is 74.6 Å². The molecule has 0 aliphatic heterocycles. The van der Waals surface area contributed by atoms with Crippen molar-refractivity contribution in [3.8, 4) is 0 Å². The molecule has 0 aliphatic rings. The molecule has 0 aromatic heterocycles. The molecule has 0 aliphatic carbocycles. The number of aliphatic carboxylic acids is 2. The molecule has 0 spiro atoms. The molecule has 0 radical (unpaired) electrons. The third-order valence-corrected chi connectivity index (χ3v) is 3.40. The molecule has 0 bridgehead atoms. The predicted molar refractivity (Wildman–Crippen MR) is 86.4 cm³/mol. The Bertz CT molecular complexity index is 423. The third kappa shape index (κ3) is 6.43. The summed E-state index contributed by atoms with van der Waals surface area (Å²) < 4.78 is 0. The van der Waals surface area contributed by atoms with Crippen LogP contribution in [-0.4, -0.2) is 103 Å². The maximum absolute atomic E-state index is 11.5. The van der Waals surface area contributed by atoms with Crippen molar-refractivity contribution >= 4 is 92.9 Å². The molecule has 0 fully saturated rings. The number of carbonyl (C=O) groups is 2. The van der Waals surface area contributed by atoms with Crippen molar-refractivity contribution < 1.29 is 19.8 Å². The summed E-state index contributed by atoms with van der Waals surface area (Å²) in [5, 5.41) is 18.8. The molecule has 1 aromatic rings. The van der Waals surface area contributed by atoms with Gasteiger partial charge < -0.3 is 10.2 Å². The van der Waals surface area contributed by atoms with E-state index in [1.165, 1.54) is 0 Å². The van der Waals surface area contributed by atoms with Gasteiger partial charge in [-0.15, -0.1) is 0 Å². The summed E-state index contributed by atoms with van der Waals surface area (Å²) in [6, 6.07) is 8.23. The Labute approximate surface area is 190 Å². The van der Waals surface area contributed by atoms with E-state index in [9.17, 15) is 19.8 Å². The molecule has 0 heterocycles. The third-order valence-electron chi connectivity index (χ3n) is 3.40. The summed E-state index contributed by atoms with van der Waals surface area (Å²) in [6.07, 6.45) is 3.59. The average Bonchev–Trinajstić information content (AvgIpc) is 2.39. The molecular formula is C15H22KNaO4. The summed E-state index contributed by atoms with van der Waals surface area (Å²) >= 11 is 0. The van der Waals surface area contributed by atoms with Gasteiger partial charge >= 0.3 is 92.9 Å². The molecule has 108 valence electrons. The fraction of sp³-hybridized carbons (Fsp3) is 0.467. The quantitative estimate of drug-likeness (QED) is 0.433. The average molecular weight is 328 g/mol. The molecule has 2 N–H and O–H groups in total. The van der Waals surface area contributed by atoms with E-state index in [2.05, 4.69) is 6.92 Å². The fourth-order valence-electron chi connectivity index (χ4n) is 2.24. The summed E-state index contributed by atoms with van der Waals surface area (Å²) in [6.45, 7) is 2.05. The van der Waals surface area contributed by atoms with Crippen LogP contribution in [0.3, 0.4) is 0 Å². The standard InChI is InChI=1S/C15H20O4.K.Na.2H/c1-2-3-4-8-11-15(13(16)17,14(18)19)12-9-6-5-7-10-12;;;;/h5-7,9-10H,2-4,8,11H2,1H3,(H,16,17)(H,18,19);;;;. The van der Waals surface area contributed by atoms with Crippen LogP contribution in [-0.2, 0) is 15.0 Å². The van der Waals surface area contributed by atoms with Gasteiger partial charge in [0.05, 0.1) is 0 Å². The zero-order valence-electron chi connectivity index (χ0n) is 11.1. The Hall–Kier alpha value is 0.796. The zero-order valence-corrected chi connectivity index (χ0v) is 11.1. The van der Waals surface area contributed by atoms with Crippen LogP contribution in [0.5, 0.6) is 0 Å². The van der Waals surface area contributed by atoms with E-state index >= 15 is 0 Å². The van der Waals surface area contributed by atoms with E-state index < -0.39 is 17.4 Å². The SMILES string of the molecule is CCCCCCC(C(=O)O)(C(=O)O)c1ccccc1.[KH].[NaH]. The van der Waals surface area contributed by atoms with Gasteiger partial charge in [-0.05, 0) is 12.0 Å². The number of rotatable bonds is 8. The summed E-state index contributed by atoms with van der Waals surface area (Å²) in [7, 11) is 0. The van der Waals surface area contributed by atoms with Crippen LogP contribution in [0.2, 0.25) is 0 Å². The second kappa shape index (κ2) is 12.2. The molecule has 1 rings (SSSR count). The van der Waals surface area contributed by atoms with Crippen LogP contribution < -0.4 is 0 Å². The molecule has 0 saturated heterocycles. The second-order valence-corrected chi connectivity index (χ2v) is 4.69. The van der Waals surface area contributed by atoms with Crippen molar-refractivity contribution in [1.29, 1.82) is 0 Å². The summed E-state index contributed by atoms with van der Waals surface area (Å²) in [5.74, 6) is -2.58. The van der Waals surface area contributed by atoms with E-state index in [4.69, 9.17) is 0 Å². The van der Waals surface area contributed by atoms with Crippen molar-refractivity contribution in [2.45, 2.75) is 44.4 Å². The number of hydrogen-bond acceptors (Lipinski definition) is 2. The van der Waals surface area contributed by atoms with E-state index in [0.717, 1.165) is 19.3 Å². The maximum atomic E-state index is 11.5. The van der Waals surface area contributed by atoms with Crippen LogP contribution in [0.25, 0.3) is 0 Å². The Morgan fingerprint density at radius 3 is 1.95 bits per heavy atom. The first-order valence-electron chi connectivity index (χ1n) is 6.58. The van der Waals surface area contributed by atoms with Gasteiger partial charge in [-0.2, -0.15) is 0 Å². The van der Waals surface area contributed by atoms with Crippen molar-refractivity contribution in [2.75, 3.05) is 0 Å². The number of unbranched alkanes of at least 4 members (excludes halogenated alkanes) is 3. The zero-order chi connectivity index (χ0) is 14.3. The first-order valence-corrected chi connectivity index (χ1v) is 6.58. The van der Waals surface area contributed by atoms with E-state index in [1.807, 2.05) is 0 Å². The Kier molecular flexibility index (Phi) is 14.0. The molecule has 21 heavy (non-hydrogen) atoms. The Morgan fingerprint density at radius 1 is 1.00 bits per heavy atom. The number of benzene rings is 1. The number of carboxylic acids is 2. The first kappa shape index (κ1) is 24.1. The molecule has 6 heteroatoms. The van der Waals surface area contributed by atoms with Gasteiger partial charge in [0.15, 0.2) is 5.41 Å².